The van der Waals surface area contributed by atoms with E-state index in [1.54, 1.807) is 18.2 Å². The van der Waals surface area contributed by atoms with Crippen LogP contribution in [-0.4, -0.2) is 10.2 Å². The van der Waals surface area contributed by atoms with E-state index in [1.807, 2.05) is 0 Å². The lowest BCUT2D eigenvalue weighted by molar-refractivity contribution is 0.469. The zero-order valence-electron chi connectivity index (χ0n) is 8.36. The molecular weight excluding hydrogens is 204 g/mol. The van der Waals surface area contributed by atoms with Crippen molar-refractivity contribution < 1.29 is 10.2 Å². The van der Waals surface area contributed by atoms with E-state index in [2.05, 4.69) is 0 Å². The van der Waals surface area contributed by atoms with E-state index in [1.165, 1.54) is 6.07 Å². The maximum atomic E-state index is 9.72. The summed E-state index contributed by atoms with van der Waals surface area (Å²) < 4.78 is 0. The van der Waals surface area contributed by atoms with E-state index in [9.17, 15) is 10.2 Å². The van der Waals surface area contributed by atoms with Gasteiger partial charge in [-0.05, 0) is 29.5 Å². The van der Waals surface area contributed by atoms with Gasteiger partial charge in [-0.15, -0.1) is 0 Å². The lowest BCUT2D eigenvalue weighted by atomic mass is 9.98. The molecule has 1 aliphatic rings. The summed E-state index contributed by atoms with van der Waals surface area (Å²) in [5.74, 6) is 0.217. The standard InChI is InChI=1S/C12H10N2O2/c13-6-2-4-7(15)9-5-1-3-8(16)12(14)10(5)11(6)9/h1-4,15-16H,13-14H2. The van der Waals surface area contributed by atoms with Crippen LogP contribution in [-0.2, 0) is 0 Å². The molecule has 6 N–H and O–H groups in total. The maximum absolute atomic E-state index is 9.72. The van der Waals surface area contributed by atoms with Gasteiger partial charge in [0.05, 0.1) is 5.69 Å². The highest BCUT2D eigenvalue weighted by atomic mass is 16.3. The molecule has 0 spiro atoms. The first-order valence-electron chi connectivity index (χ1n) is 4.85. The van der Waals surface area contributed by atoms with Crippen molar-refractivity contribution in [2.45, 2.75) is 0 Å². The number of phenols is 2. The second-order valence-corrected chi connectivity index (χ2v) is 3.84. The van der Waals surface area contributed by atoms with E-state index < -0.39 is 0 Å². The lowest BCUT2D eigenvalue weighted by Gasteiger charge is -2.11. The van der Waals surface area contributed by atoms with Gasteiger partial charge in [-0.1, -0.05) is 0 Å². The third-order valence-corrected chi connectivity index (χ3v) is 2.96. The predicted octanol–water partition coefficient (Wildman–Crippen LogP) is 1.15. The highest BCUT2D eigenvalue weighted by molar-refractivity contribution is 5.61. The number of nitrogen functional groups attached to an aromatic ring is 2. The Hall–Kier alpha value is -2.36. The minimum absolute atomic E-state index is 0.0344. The fraction of sp³-hybridized carbons (Fsp3) is 0. The van der Waals surface area contributed by atoms with Crippen molar-refractivity contribution in [3.63, 3.8) is 0 Å². The van der Waals surface area contributed by atoms with Gasteiger partial charge in [0.25, 0.3) is 0 Å². The van der Waals surface area contributed by atoms with E-state index >= 15 is 0 Å². The van der Waals surface area contributed by atoms with Crippen molar-refractivity contribution in [2.24, 2.45) is 0 Å². The number of hydrogen-bond acceptors (Lipinski definition) is 4. The van der Waals surface area contributed by atoms with Crippen molar-refractivity contribution >= 4 is 11.4 Å². The molecule has 0 fully saturated rings. The van der Waals surface area contributed by atoms with Gasteiger partial charge in [-0.25, -0.2) is 0 Å². The second kappa shape index (κ2) is 2.61. The van der Waals surface area contributed by atoms with Gasteiger partial charge in [-0.2, -0.15) is 0 Å². The van der Waals surface area contributed by atoms with Gasteiger partial charge in [0, 0.05) is 21.3 Å². The molecule has 0 atom stereocenters. The topological polar surface area (TPSA) is 92.5 Å². The van der Waals surface area contributed by atoms with Crippen LogP contribution in [0.2, 0.25) is 0 Å². The molecule has 0 aliphatic heterocycles. The molecule has 2 aromatic rings. The molecule has 0 unspecified atom stereocenters. The van der Waals surface area contributed by atoms with Crippen LogP contribution >= 0.6 is 0 Å². The fourth-order valence-electron chi connectivity index (χ4n) is 2.17. The quantitative estimate of drug-likeness (QED) is 0.256. The van der Waals surface area contributed by atoms with Crippen LogP contribution in [0.15, 0.2) is 24.3 Å². The zero-order chi connectivity index (χ0) is 11.4. The molecule has 16 heavy (non-hydrogen) atoms. The van der Waals surface area contributed by atoms with Gasteiger partial charge in [0.1, 0.15) is 11.5 Å². The predicted molar refractivity (Wildman–Crippen MR) is 60.4 cm³/mol. The SMILES string of the molecule is Nc1c(O)ccc2c1=c1c(N)ccc(O)c1=2. The first-order chi connectivity index (χ1) is 7.61. The molecule has 0 aromatic heterocycles. The molecule has 0 heterocycles. The summed E-state index contributed by atoms with van der Waals surface area (Å²) in [4.78, 5) is 0. The Kier molecular flexibility index (Phi) is 1.45. The van der Waals surface area contributed by atoms with Crippen LogP contribution in [0.1, 0.15) is 0 Å². The molecule has 2 aromatic carbocycles. The number of nitrogens with two attached hydrogens (primary N) is 2. The summed E-state index contributed by atoms with van der Waals surface area (Å²) >= 11 is 0. The molecule has 0 amide bonds. The van der Waals surface area contributed by atoms with Crippen LogP contribution in [0.5, 0.6) is 11.5 Å². The number of aromatic hydroxyl groups is 2. The van der Waals surface area contributed by atoms with Gasteiger partial charge in [-0.3, -0.25) is 0 Å². The number of anilines is 2. The van der Waals surface area contributed by atoms with Gasteiger partial charge in [0.15, 0.2) is 0 Å². The molecule has 4 nitrogen and oxygen atoms in total. The number of rotatable bonds is 0. The third kappa shape index (κ3) is 0.839. The fourth-order valence-corrected chi connectivity index (χ4v) is 2.17. The Bertz CT molecular complexity index is 797. The van der Waals surface area contributed by atoms with Crippen LogP contribution in [0, 0.1) is 20.9 Å². The van der Waals surface area contributed by atoms with Gasteiger partial charge < -0.3 is 21.7 Å². The molecular formula is C12H10N2O2. The van der Waals surface area contributed by atoms with Crippen molar-refractivity contribution in [1.82, 2.24) is 0 Å². The van der Waals surface area contributed by atoms with Gasteiger partial charge in [0.2, 0.25) is 0 Å². The normalized spacial score (nSPS) is 11.5. The van der Waals surface area contributed by atoms with E-state index in [0.29, 0.717) is 16.6 Å². The van der Waals surface area contributed by atoms with E-state index in [4.69, 9.17) is 11.5 Å². The summed E-state index contributed by atoms with van der Waals surface area (Å²) in [7, 11) is 0. The van der Waals surface area contributed by atoms with Crippen molar-refractivity contribution in [2.75, 3.05) is 11.5 Å². The molecule has 4 heteroatoms. The van der Waals surface area contributed by atoms with Crippen molar-refractivity contribution in [3.8, 4) is 11.5 Å². The molecule has 1 aliphatic carbocycles. The smallest absolute Gasteiger partial charge is 0.139 e. The third-order valence-electron chi connectivity index (χ3n) is 2.96. The average Bonchev–Trinajstić information content (AvgIpc) is 2.21. The van der Waals surface area contributed by atoms with E-state index in [0.717, 1.165) is 15.7 Å². The highest BCUT2D eigenvalue weighted by Crippen LogP contribution is 2.31. The van der Waals surface area contributed by atoms with Crippen LogP contribution in [0.4, 0.5) is 11.4 Å². The Morgan fingerprint density at radius 2 is 1.44 bits per heavy atom. The Morgan fingerprint density at radius 1 is 0.750 bits per heavy atom. The van der Waals surface area contributed by atoms with Crippen LogP contribution in [0.3, 0.4) is 0 Å². The number of hydrogen-bond donors (Lipinski definition) is 4. The largest absolute Gasteiger partial charge is 0.507 e. The summed E-state index contributed by atoms with van der Waals surface area (Å²) in [6, 6.07) is 6.42. The Morgan fingerprint density at radius 3 is 2.19 bits per heavy atom. The van der Waals surface area contributed by atoms with Crippen LogP contribution in [0.25, 0.3) is 0 Å². The lowest BCUT2D eigenvalue weighted by Crippen LogP contribution is -2.01. The highest BCUT2D eigenvalue weighted by Gasteiger charge is 2.13. The number of benzene rings is 2. The first-order valence-corrected chi connectivity index (χ1v) is 4.85. The first kappa shape index (κ1) is 8.91. The summed E-state index contributed by atoms with van der Waals surface area (Å²) in [5.41, 5.74) is 12.5. The minimum atomic E-state index is 0.0344. The molecule has 80 valence electrons. The Labute approximate surface area is 90.4 Å². The maximum Gasteiger partial charge on any atom is 0.139 e. The zero-order valence-corrected chi connectivity index (χ0v) is 8.36. The molecule has 0 radical (unpaired) electrons. The summed E-state index contributed by atoms with van der Waals surface area (Å²) in [6.45, 7) is 0. The molecule has 0 bridgehead atoms. The van der Waals surface area contributed by atoms with Gasteiger partial charge >= 0.3 is 0 Å². The average molecular weight is 214 g/mol. The molecule has 0 saturated carbocycles. The molecule has 0 saturated heterocycles. The van der Waals surface area contributed by atoms with E-state index in [-0.39, 0.29) is 11.5 Å². The number of fused-ring (bicyclic) bond motifs is 2. The Balaban J connectivity index is 2.71. The van der Waals surface area contributed by atoms with Crippen molar-refractivity contribution in [3.05, 3.63) is 45.1 Å². The summed E-state index contributed by atoms with van der Waals surface area (Å²) in [6.07, 6.45) is 0. The van der Waals surface area contributed by atoms with Crippen LogP contribution < -0.4 is 11.5 Å². The second-order valence-electron chi connectivity index (χ2n) is 3.84. The monoisotopic (exact) mass is 214 g/mol. The number of phenolic OH excluding ortho intramolecular Hbond substituents is 2. The molecule has 3 rings (SSSR count). The minimum Gasteiger partial charge on any atom is -0.507 e. The van der Waals surface area contributed by atoms with Crippen molar-refractivity contribution in [1.29, 1.82) is 0 Å². The summed E-state index contributed by atoms with van der Waals surface area (Å²) in [5, 5.41) is 22.2.